The normalized spacial score (nSPS) is 28.2. The number of piperazine rings is 1. The summed E-state index contributed by atoms with van der Waals surface area (Å²) < 4.78 is 26.7. The Hall–Kier alpha value is -0.170. The molecule has 112 valence electrons. The number of sulfonamides is 1. The molecule has 2 aliphatic heterocycles. The van der Waals surface area contributed by atoms with Crippen LogP contribution in [-0.2, 0) is 10.0 Å². The lowest BCUT2D eigenvalue weighted by Crippen LogP contribution is -2.47. The van der Waals surface area contributed by atoms with Crippen molar-refractivity contribution < 1.29 is 8.42 Å². The first-order valence-electron chi connectivity index (χ1n) is 7.52. The molecule has 2 aliphatic rings. The summed E-state index contributed by atoms with van der Waals surface area (Å²) in [5, 5.41) is 3.29. The molecule has 0 saturated carbocycles. The molecule has 1 unspecified atom stereocenters. The molecule has 2 saturated heterocycles. The van der Waals surface area contributed by atoms with Crippen molar-refractivity contribution in [2.75, 3.05) is 45.0 Å². The molecule has 2 rings (SSSR count). The van der Waals surface area contributed by atoms with Gasteiger partial charge >= 0.3 is 0 Å². The molecule has 0 aliphatic carbocycles. The zero-order valence-corrected chi connectivity index (χ0v) is 12.8. The third-order valence-electron chi connectivity index (χ3n) is 4.22. The van der Waals surface area contributed by atoms with E-state index in [4.69, 9.17) is 0 Å². The first-order valence-corrected chi connectivity index (χ1v) is 9.13. The van der Waals surface area contributed by atoms with Gasteiger partial charge < -0.3 is 5.32 Å². The predicted molar refractivity (Wildman–Crippen MR) is 77.7 cm³/mol. The van der Waals surface area contributed by atoms with Gasteiger partial charge in [0, 0.05) is 45.3 Å². The zero-order valence-electron chi connectivity index (χ0n) is 12.0. The van der Waals surface area contributed by atoms with E-state index in [9.17, 15) is 8.42 Å². The Morgan fingerprint density at radius 2 is 1.84 bits per heavy atom. The monoisotopic (exact) mass is 289 g/mol. The lowest BCUT2D eigenvalue weighted by atomic mass is 10.1. The largest absolute Gasteiger partial charge is 0.314 e. The van der Waals surface area contributed by atoms with Crippen LogP contribution in [0.2, 0.25) is 0 Å². The summed E-state index contributed by atoms with van der Waals surface area (Å²) in [7, 11) is -3.08. The van der Waals surface area contributed by atoms with Gasteiger partial charge in [-0.1, -0.05) is 12.8 Å². The van der Waals surface area contributed by atoms with Gasteiger partial charge in [-0.15, -0.1) is 0 Å². The van der Waals surface area contributed by atoms with Crippen LogP contribution in [0.15, 0.2) is 0 Å². The second kappa shape index (κ2) is 7.02. The first-order chi connectivity index (χ1) is 9.09. The molecule has 6 heteroatoms. The van der Waals surface area contributed by atoms with Crippen LogP contribution >= 0.6 is 0 Å². The van der Waals surface area contributed by atoms with E-state index in [1.807, 2.05) is 6.92 Å². The second-order valence-corrected chi connectivity index (χ2v) is 7.76. The van der Waals surface area contributed by atoms with Crippen LogP contribution < -0.4 is 5.32 Å². The van der Waals surface area contributed by atoms with E-state index in [0.717, 1.165) is 51.9 Å². The number of hydrogen-bond acceptors (Lipinski definition) is 4. The highest BCUT2D eigenvalue weighted by molar-refractivity contribution is 7.89. The van der Waals surface area contributed by atoms with Crippen molar-refractivity contribution in [2.24, 2.45) is 0 Å². The van der Waals surface area contributed by atoms with E-state index in [-0.39, 0.29) is 11.8 Å². The highest BCUT2D eigenvalue weighted by Gasteiger charge is 2.28. The van der Waals surface area contributed by atoms with Crippen molar-refractivity contribution in [1.82, 2.24) is 14.5 Å². The highest BCUT2D eigenvalue weighted by Crippen LogP contribution is 2.19. The Kier molecular flexibility index (Phi) is 5.62. The van der Waals surface area contributed by atoms with Gasteiger partial charge in [0.15, 0.2) is 0 Å². The molecular weight excluding hydrogens is 262 g/mol. The average Bonchev–Trinajstić information content (AvgIpc) is 2.63. The zero-order chi connectivity index (χ0) is 13.7. The SMILES string of the molecule is CC1CCCCCN1S(=O)(=O)CCN1CCNCC1. The Morgan fingerprint density at radius 3 is 2.58 bits per heavy atom. The van der Waals surface area contributed by atoms with Crippen molar-refractivity contribution in [3.8, 4) is 0 Å². The average molecular weight is 289 g/mol. The van der Waals surface area contributed by atoms with E-state index >= 15 is 0 Å². The summed E-state index contributed by atoms with van der Waals surface area (Å²) in [4.78, 5) is 2.25. The summed E-state index contributed by atoms with van der Waals surface area (Å²) >= 11 is 0. The van der Waals surface area contributed by atoms with Gasteiger partial charge in [-0.25, -0.2) is 8.42 Å². The number of nitrogens with one attached hydrogen (secondary N) is 1. The van der Waals surface area contributed by atoms with E-state index in [1.165, 1.54) is 0 Å². The minimum Gasteiger partial charge on any atom is -0.314 e. The molecule has 0 amide bonds. The Balaban J connectivity index is 1.88. The minimum atomic E-state index is -3.08. The van der Waals surface area contributed by atoms with E-state index in [1.54, 1.807) is 4.31 Å². The van der Waals surface area contributed by atoms with Crippen LogP contribution in [-0.4, -0.2) is 68.7 Å². The molecule has 1 atom stereocenters. The Labute approximate surface area is 117 Å². The number of rotatable bonds is 4. The molecule has 5 nitrogen and oxygen atoms in total. The number of hydrogen-bond donors (Lipinski definition) is 1. The van der Waals surface area contributed by atoms with Crippen LogP contribution in [0.3, 0.4) is 0 Å². The van der Waals surface area contributed by atoms with Crippen molar-refractivity contribution in [2.45, 2.75) is 38.6 Å². The quantitative estimate of drug-likeness (QED) is 0.818. The van der Waals surface area contributed by atoms with Gasteiger partial charge in [0.25, 0.3) is 0 Å². The van der Waals surface area contributed by atoms with Crippen LogP contribution in [0, 0.1) is 0 Å². The van der Waals surface area contributed by atoms with E-state index in [2.05, 4.69) is 10.2 Å². The van der Waals surface area contributed by atoms with Crippen LogP contribution in [0.25, 0.3) is 0 Å². The molecule has 19 heavy (non-hydrogen) atoms. The summed E-state index contributed by atoms with van der Waals surface area (Å²) in [6.45, 7) is 7.31. The fraction of sp³-hybridized carbons (Fsp3) is 1.00. The fourth-order valence-electron chi connectivity index (χ4n) is 2.96. The lowest BCUT2D eigenvalue weighted by Gasteiger charge is -2.30. The summed E-state index contributed by atoms with van der Waals surface area (Å²) in [5.41, 5.74) is 0. The lowest BCUT2D eigenvalue weighted by molar-refractivity contribution is 0.251. The topological polar surface area (TPSA) is 52.7 Å². The standard InChI is InChI=1S/C13H27N3O2S/c1-13-5-3-2-4-8-16(13)19(17,18)12-11-15-9-6-14-7-10-15/h13-14H,2-12H2,1H3. The van der Waals surface area contributed by atoms with Crippen LogP contribution in [0.4, 0.5) is 0 Å². The molecule has 0 radical (unpaired) electrons. The van der Waals surface area contributed by atoms with Gasteiger partial charge in [-0.3, -0.25) is 4.90 Å². The second-order valence-electron chi connectivity index (χ2n) is 5.72. The Morgan fingerprint density at radius 1 is 1.11 bits per heavy atom. The number of nitrogens with zero attached hydrogens (tertiary/aromatic N) is 2. The molecule has 0 spiro atoms. The molecule has 0 aromatic carbocycles. The van der Waals surface area contributed by atoms with Gasteiger partial charge in [0.1, 0.15) is 0 Å². The summed E-state index contributed by atoms with van der Waals surface area (Å²) in [6.07, 6.45) is 4.34. The molecular formula is C13H27N3O2S. The Bertz CT molecular complexity index is 366. The van der Waals surface area contributed by atoms with Crippen LogP contribution in [0.1, 0.15) is 32.6 Å². The molecule has 0 aromatic rings. The minimum absolute atomic E-state index is 0.176. The van der Waals surface area contributed by atoms with Crippen LogP contribution in [0.5, 0.6) is 0 Å². The fourth-order valence-corrected chi connectivity index (χ4v) is 4.74. The maximum atomic E-state index is 12.5. The van der Waals surface area contributed by atoms with Gasteiger partial charge in [0.2, 0.25) is 10.0 Å². The smallest absolute Gasteiger partial charge is 0.215 e. The van der Waals surface area contributed by atoms with E-state index in [0.29, 0.717) is 13.1 Å². The summed E-state index contributed by atoms with van der Waals surface area (Å²) in [5.74, 6) is 0.275. The molecule has 1 N–H and O–H groups in total. The molecule has 0 aromatic heterocycles. The van der Waals surface area contributed by atoms with Gasteiger partial charge in [0.05, 0.1) is 5.75 Å². The van der Waals surface area contributed by atoms with Gasteiger partial charge in [-0.2, -0.15) is 4.31 Å². The van der Waals surface area contributed by atoms with Crippen molar-refractivity contribution in [3.63, 3.8) is 0 Å². The first kappa shape index (κ1) is 15.2. The van der Waals surface area contributed by atoms with Crippen molar-refractivity contribution >= 4 is 10.0 Å². The third kappa shape index (κ3) is 4.41. The van der Waals surface area contributed by atoms with Crippen molar-refractivity contribution in [1.29, 1.82) is 0 Å². The third-order valence-corrected chi connectivity index (χ3v) is 6.18. The summed E-state index contributed by atoms with van der Waals surface area (Å²) in [6, 6.07) is 0.176. The highest BCUT2D eigenvalue weighted by atomic mass is 32.2. The predicted octanol–water partition coefficient (Wildman–Crippen LogP) is 0.486. The van der Waals surface area contributed by atoms with E-state index < -0.39 is 10.0 Å². The van der Waals surface area contributed by atoms with Crippen molar-refractivity contribution in [3.05, 3.63) is 0 Å². The molecule has 0 bridgehead atoms. The maximum Gasteiger partial charge on any atom is 0.215 e. The maximum absolute atomic E-state index is 12.5. The molecule has 2 fully saturated rings. The van der Waals surface area contributed by atoms with Gasteiger partial charge in [-0.05, 0) is 19.8 Å². The molecule has 2 heterocycles.